The molecule has 1 atom stereocenters. The van der Waals surface area contributed by atoms with Crippen molar-refractivity contribution in [2.75, 3.05) is 5.32 Å². The lowest BCUT2D eigenvalue weighted by molar-refractivity contribution is -0.119. The predicted molar refractivity (Wildman–Crippen MR) is 103 cm³/mol. The zero-order chi connectivity index (χ0) is 19.7. The highest BCUT2D eigenvalue weighted by Crippen LogP contribution is 2.23. The number of aryl methyl sites for hydroxylation is 2. The SMILES string of the molecule is Cc1nn(C(C)C(=O)Nc2c(C)nn(Cc3cccc(F)c3)c2C)cc1Cl. The summed E-state index contributed by atoms with van der Waals surface area (Å²) >= 11 is 6.03. The molecule has 0 aliphatic rings. The standard InChI is InChI=1S/C19H21ClFN5O/c1-11-17(20)10-26(23-11)14(4)19(27)22-18-12(2)24-25(13(18)3)9-15-6-5-7-16(21)8-15/h5-8,10,14H,9H2,1-4H3,(H,22,27). The molecule has 0 radical (unpaired) electrons. The Balaban J connectivity index is 1.79. The largest absolute Gasteiger partial charge is 0.321 e. The molecule has 0 aliphatic heterocycles. The van der Waals surface area contributed by atoms with E-state index in [2.05, 4.69) is 15.5 Å². The lowest BCUT2D eigenvalue weighted by atomic mass is 10.2. The Kier molecular flexibility index (Phi) is 5.32. The van der Waals surface area contributed by atoms with E-state index in [4.69, 9.17) is 11.6 Å². The van der Waals surface area contributed by atoms with Gasteiger partial charge in [-0.1, -0.05) is 23.7 Å². The third-order valence-electron chi connectivity index (χ3n) is 4.48. The molecule has 3 aromatic rings. The van der Waals surface area contributed by atoms with Crippen molar-refractivity contribution in [2.45, 2.75) is 40.3 Å². The van der Waals surface area contributed by atoms with Crippen LogP contribution in [-0.2, 0) is 11.3 Å². The summed E-state index contributed by atoms with van der Waals surface area (Å²) in [4.78, 5) is 12.6. The molecule has 6 nitrogen and oxygen atoms in total. The van der Waals surface area contributed by atoms with E-state index in [-0.39, 0.29) is 11.7 Å². The van der Waals surface area contributed by atoms with E-state index in [0.717, 1.165) is 11.3 Å². The summed E-state index contributed by atoms with van der Waals surface area (Å²) < 4.78 is 16.7. The van der Waals surface area contributed by atoms with Gasteiger partial charge in [-0.25, -0.2) is 4.39 Å². The van der Waals surface area contributed by atoms with Crippen LogP contribution in [0.1, 0.15) is 35.6 Å². The fourth-order valence-corrected chi connectivity index (χ4v) is 2.98. The Morgan fingerprint density at radius 2 is 2.00 bits per heavy atom. The molecule has 0 saturated heterocycles. The van der Waals surface area contributed by atoms with Crippen LogP contribution in [0, 0.1) is 26.6 Å². The minimum atomic E-state index is -0.526. The summed E-state index contributed by atoms with van der Waals surface area (Å²) in [5.41, 5.74) is 3.62. The maximum absolute atomic E-state index is 13.4. The highest BCUT2D eigenvalue weighted by Gasteiger charge is 2.21. The van der Waals surface area contributed by atoms with Crippen LogP contribution in [0.4, 0.5) is 10.1 Å². The summed E-state index contributed by atoms with van der Waals surface area (Å²) in [5, 5.41) is 12.2. The Labute approximate surface area is 161 Å². The topological polar surface area (TPSA) is 64.7 Å². The second kappa shape index (κ2) is 7.52. The zero-order valence-electron chi connectivity index (χ0n) is 15.6. The van der Waals surface area contributed by atoms with Crippen LogP contribution >= 0.6 is 11.6 Å². The molecule has 0 aliphatic carbocycles. The first kappa shape index (κ1) is 19.1. The maximum atomic E-state index is 13.4. The van der Waals surface area contributed by atoms with Crippen LogP contribution < -0.4 is 5.32 Å². The van der Waals surface area contributed by atoms with Gasteiger partial charge in [0, 0.05) is 6.20 Å². The van der Waals surface area contributed by atoms with Gasteiger partial charge in [-0.2, -0.15) is 10.2 Å². The number of carbonyl (C=O) groups excluding carboxylic acids is 1. The predicted octanol–water partition coefficient (Wildman–Crippen LogP) is 4.05. The number of hydrogen-bond donors (Lipinski definition) is 1. The van der Waals surface area contributed by atoms with E-state index in [1.54, 1.807) is 30.8 Å². The molecule has 0 fully saturated rings. The summed E-state index contributed by atoms with van der Waals surface area (Å²) in [5.74, 6) is -0.504. The highest BCUT2D eigenvalue weighted by molar-refractivity contribution is 6.31. The number of rotatable bonds is 5. The van der Waals surface area contributed by atoms with Crippen molar-refractivity contribution in [3.63, 3.8) is 0 Å². The molecule has 3 rings (SSSR count). The van der Waals surface area contributed by atoms with Crippen molar-refractivity contribution < 1.29 is 9.18 Å². The number of nitrogens with one attached hydrogen (secondary N) is 1. The molecule has 2 heterocycles. The lowest BCUT2D eigenvalue weighted by Crippen LogP contribution is -2.24. The summed E-state index contributed by atoms with van der Waals surface area (Å²) in [6.07, 6.45) is 1.63. The van der Waals surface area contributed by atoms with Gasteiger partial charge < -0.3 is 5.32 Å². The van der Waals surface area contributed by atoms with Crippen LogP contribution in [0.25, 0.3) is 0 Å². The van der Waals surface area contributed by atoms with Crippen LogP contribution in [0.3, 0.4) is 0 Å². The normalized spacial score (nSPS) is 12.2. The number of amides is 1. The van der Waals surface area contributed by atoms with Crippen molar-refractivity contribution in [2.24, 2.45) is 0 Å². The van der Waals surface area contributed by atoms with Gasteiger partial charge in [0.2, 0.25) is 5.91 Å². The number of anilines is 1. The molecule has 1 amide bonds. The Hall–Kier alpha value is -2.67. The number of nitrogens with zero attached hydrogens (tertiary/aromatic N) is 4. The molecule has 1 unspecified atom stereocenters. The van der Waals surface area contributed by atoms with Gasteiger partial charge in [-0.05, 0) is 45.4 Å². The van der Waals surface area contributed by atoms with E-state index in [9.17, 15) is 9.18 Å². The fourth-order valence-electron chi connectivity index (χ4n) is 2.85. The van der Waals surface area contributed by atoms with Crippen molar-refractivity contribution in [1.82, 2.24) is 19.6 Å². The van der Waals surface area contributed by atoms with E-state index >= 15 is 0 Å². The minimum absolute atomic E-state index is 0.217. The zero-order valence-corrected chi connectivity index (χ0v) is 16.4. The molecular weight excluding hydrogens is 369 g/mol. The molecule has 8 heteroatoms. The third kappa shape index (κ3) is 4.03. The van der Waals surface area contributed by atoms with Crippen molar-refractivity contribution >= 4 is 23.2 Å². The molecule has 1 N–H and O–H groups in total. The van der Waals surface area contributed by atoms with Gasteiger partial charge in [-0.15, -0.1) is 0 Å². The average Bonchev–Trinajstić information content (AvgIpc) is 3.08. The first-order chi connectivity index (χ1) is 12.8. The van der Waals surface area contributed by atoms with Crippen LogP contribution in [0.2, 0.25) is 5.02 Å². The maximum Gasteiger partial charge on any atom is 0.249 e. The average molecular weight is 390 g/mol. The molecule has 27 heavy (non-hydrogen) atoms. The third-order valence-corrected chi connectivity index (χ3v) is 4.86. The van der Waals surface area contributed by atoms with E-state index in [1.165, 1.54) is 16.8 Å². The Morgan fingerprint density at radius 1 is 1.26 bits per heavy atom. The minimum Gasteiger partial charge on any atom is -0.321 e. The van der Waals surface area contributed by atoms with Crippen LogP contribution in [0.5, 0.6) is 0 Å². The van der Waals surface area contributed by atoms with E-state index in [0.29, 0.717) is 28.6 Å². The second-order valence-electron chi connectivity index (χ2n) is 6.54. The number of hydrogen-bond acceptors (Lipinski definition) is 3. The lowest BCUT2D eigenvalue weighted by Gasteiger charge is -2.13. The molecule has 0 saturated carbocycles. The van der Waals surface area contributed by atoms with E-state index in [1.807, 2.05) is 19.9 Å². The highest BCUT2D eigenvalue weighted by atomic mass is 35.5. The van der Waals surface area contributed by atoms with Gasteiger partial charge in [-0.3, -0.25) is 14.2 Å². The number of aromatic nitrogens is 4. The Bertz CT molecular complexity index is 975. The van der Waals surface area contributed by atoms with Gasteiger partial charge in [0.15, 0.2) is 0 Å². The quantitative estimate of drug-likeness (QED) is 0.716. The molecule has 0 bridgehead atoms. The summed E-state index contributed by atoms with van der Waals surface area (Å²) in [6, 6.07) is 5.85. The van der Waals surface area contributed by atoms with Crippen LogP contribution in [0.15, 0.2) is 30.5 Å². The van der Waals surface area contributed by atoms with Crippen molar-refractivity contribution in [1.29, 1.82) is 0 Å². The van der Waals surface area contributed by atoms with Crippen molar-refractivity contribution in [3.05, 3.63) is 63.9 Å². The molecule has 0 spiro atoms. The fraction of sp³-hybridized carbons (Fsp3) is 0.316. The van der Waals surface area contributed by atoms with Gasteiger partial charge in [0.25, 0.3) is 0 Å². The first-order valence-electron chi connectivity index (χ1n) is 8.57. The van der Waals surface area contributed by atoms with Crippen molar-refractivity contribution in [3.8, 4) is 0 Å². The smallest absolute Gasteiger partial charge is 0.249 e. The molecular formula is C19H21ClFN5O. The Morgan fingerprint density at radius 3 is 2.63 bits per heavy atom. The molecule has 1 aromatic carbocycles. The monoisotopic (exact) mass is 389 g/mol. The van der Waals surface area contributed by atoms with Crippen LogP contribution in [-0.4, -0.2) is 25.5 Å². The number of halogens is 2. The van der Waals surface area contributed by atoms with Gasteiger partial charge in [0.1, 0.15) is 11.9 Å². The molecule has 142 valence electrons. The van der Waals surface area contributed by atoms with E-state index < -0.39 is 6.04 Å². The first-order valence-corrected chi connectivity index (χ1v) is 8.94. The summed E-state index contributed by atoms with van der Waals surface area (Å²) in [7, 11) is 0. The van der Waals surface area contributed by atoms with Gasteiger partial charge in [0.05, 0.1) is 34.3 Å². The second-order valence-corrected chi connectivity index (χ2v) is 6.95. The van der Waals surface area contributed by atoms with Gasteiger partial charge >= 0.3 is 0 Å². The number of carbonyl (C=O) groups is 1. The molecule has 2 aromatic heterocycles. The summed E-state index contributed by atoms with van der Waals surface area (Å²) in [6.45, 7) is 7.65. The number of benzene rings is 1.